The van der Waals surface area contributed by atoms with Gasteiger partial charge >= 0.3 is 0 Å². The van der Waals surface area contributed by atoms with Crippen molar-refractivity contribution in [3.8, 4) is 0 Å². The standard InChI is InChI=1S/C25H28F3N5O3/c1-14(16-6-5-7-17(20(16)26)21(27)28)31-22-18-12-19(24(35)32(3)23(18)30-13-29-22)25(36-4)8-10-33(11-9-25)15(2)34/h5-7,12-14,21H,8-11H2,1-4H3,(H,29,30,31)/t14-/m1/s1/i10D2/t14-,25?. The third kappa shape index (κ3) is 4.43. The molecule has 0 bridgehead atoms. The van der Waals surface area contributed by atoms with E-state index in [-0.39, 0.29) is 42.0 Å². The van der Waals surface area contributed by atoms with Crippen molar-refractivity contribution < 1.29 is 25.4 Å². The van der Waals surface area contributed by atoms with Gasteiger partial charge in [0, 0.05) is 42.4 Å². The fourth-order valence-electron chi connectivity index (χ4n) is 4.53. The number of alkyl halides is 2. The molecule has 1 N–H and O–H groups in total. The number of piperidine rings is 1. The molecule has 4 rings (SSSR count). The number of aryl methyl sites for hydroxylation is 1. The van der Waals surface area contributed by atoms with Crippen molar-refractivity contribution in [2.45, 2.75) is 44.8 Å². The van der Waals surface area contributed by atoms with Gasteiger partial charge in [0.2, 0.25) is 5.91 Å². The first-order chi connectivity index (χ1) is 17.8. The summed E-state index contributed by atoms with van der Waals surface area (Å²) in [5.74, 6) is -1.23. The second-order valence-corrected chi connectivity index (χ2v) is 8.75. The zero-order valence-corrected chi connectivity index (χ0v) is 20.3. The summed E-state index contributed by atoms with van der Waals surface area (Å²) in [6.45, 7) is 0.830. The number of amides is 1. The number of fused-ring (bicyclic) bond motifs is 1. The molecule has 36 heavy (non-hydrogen) atoms. The Morgan fingerprint density at radius 2 is 2.00 bits per heavy atom. The van der Waals surface area contributed by atoms with Crippen LogP contribution in [0.1, 0.15) is 58.6 Å². The summed E-state index contributed by atoms with van der Waals surface area (Å²) in [5.41, 5.74) is -2.10. The number of benzene rings is 1. The van der Waals surface area contributed by atoms with Crippen molar-refractivity contribution in [2.75, 3.05) is 25.5 Å². The van der Waals surface area contributed by atoms with Gasteiger partial charge < -0.3 is 15.0 Å². The first-order valence-corrected chi connectivity index (χ1v) is 11.3. The Hall–Kier alpha value is -3.47. The van der Waals surface area contributed by atoms with Crippen LogP contribution in [0, 0.1) is 5.82 Å². The molecule has 3 aromatic rings. The molecule has 8 nitrogen and oxygen atoms in total. The largest absolute Gasteiger partial charge is 0.373 e. The van der Waals surface area contributed by atoms with Crippen molar-refractivity contribution in [2.24, 2.45) is 7.05 Å². The summed E-state index contributed by atoms with van der Waals surface area (Å²) in [6, 6.07) is 4.51. The van der Waals surface area contributed by atoms with E-state index in [1.165, 1.54) is 50.2 Å². The number of carbonyl (C=O) groups excluding carboxylic acids is 1. The van der Waals surface area contributed by atoms with Gasteiger partial charge in [-0.15, -0.1) is 0 Å². The molecule has 1 aliphatic rings. The number of hydrogen-bond donors (Lipinski definition) is 1. The smallest absolute Gasteiger partial charge is 0.266 e. The van der Waals surface area contributed by atoms with Crippen LogP contribution in [0.25, 0.3) is 11.0 Å². The van der Waals surface area contributed by atoms with Gasteiger partial charge in [-0.1, -0.05) is 18.2 Å². The predicted molar refractivity (Wildman–Crippen MR) is 128 cm³/mol. The van der Waals surface area contributed by atoms with E-state index in [9.17, 15) is 22.8 Å². The minimum Gasteiger partial charge on any atom is -0.373 e. The van der Waals surface area contributed by atoms with Crippen molar-refractivity contribution in [1.82, 2.24) is 19.4 Å². The topological polar surface area (TPSA) is 89.3 Å². The molecule has 0 saturated carbocycles. The number of anilines is 1. The molecule has 1 fully saturated rings. The van der Waals surface area contributed by atoms with E-state index in [0.29, 0.717) is 5.39 Å². The molecule has 192 valence electrons. The number of rotatable bonds is 6. The fraction of sp³-hybridized carbons (Fsp3) is 0.440. The van der Waals surface area contributed by atoms with Gasteiger partial charge in [-0.05, 0) is 25.8 Å². The van der Waals surface area contributed by atoms with Crippen molar-refractivity contribution in [3.63, 3.8) is 0 Å². The molecule has 0 radical (unpaired) electrons. The molecule has 11 heteroatoms. The first kappa shape index (κ1) is 23.0. The third-order valence-electron chi connectivity index (χ3n) is 6.67. The van der Waals surface area contributed by atoms with Crippen molar-refractivity contribution >= 4 is 22.8 Å². The molecule has 2 aromatic heterocycles. The summed E-state index contributed by atoms with van der Waals surface area (Å²) >= 11 is 0. The maximum Gasteiger partial charge on any atom is 0.266 e. The van der Waals surface area contributed by atoms with Crippen LogP contribution in [0.2, 0.25) is 0 Å². The summed E-state index contributed by atoms with van der Waals surface area (Å²) in [7, 11) is 2.88. The molecular formula is C25H28F3N5O3. The van der Waals surface area contributed by atoms with Crippen LogP contribution in [0.3, 0.4) is 0 Å². The number of pyridine rings is 1. The van der Waals surface area contributed by atoms with Crippen LogP contribution in [0.5, 0.6) is 0 Å². The SMILES string of the molecule is [2H]C1([2H])CC(OC)(c2cc3c(N[C@H](C)c4cccc(C(F)F)c4F)ncnc3n(C)c2=O)CCN1C(C)=O. The van der Waals surface area contributed by atoms with E-state index < -0.39 is 47.4 Å². The van der Waals surface area contributed by atoms with Crippen LogP contribution in [0.15, 0.2) is 35.4 Å². The number of hydrogen-bond acceptors (Lipinski definition) is 6. The van der Waals surface area contributed by atoms with E-state index in [2.05, 4.69) is 15.3 Å². The highest BCUT2D eigenvalue weighted by Crippen LogP contribution is 2.37. The lowest BCUT2D eigenvalue weighted by Gasteiger charge is -2.40. The normalized spacial score (nSPS) is 21.3. The Morgan fingerprint density at radius 1 is 1.28 bits per heavy atom. The highest BCUT2D eigenvalue weighted by molar-refractivity contribution is 5.87. The Morgan fingerprint density at radius 3 is 2.64 bits per heavy atom. The number of carbonyl (C=O) groups is 1. The highest BCUT2D eigenvalue weighted by Gasteiger charge is 2.40. The predicted octanol–water partition coefficient (Wildman–Crippen LogP) is 4.06. The fourth-order valence-corrected chi connectivity index (χ4v) is 4.53. The maximum absolute atomic E-state index is 14.8. The average Bonchev–Trinajstić information content (AvgIpc) is 2.85. The zero-order valence-electron chi connectivity index (χ0n) is 22.3. The molecule has 0 aliphatic carbocycles. The van der Waals surface area contributed by atoms with Gasteiger partial charge in [0.15, 0.2) is 0 Å². The quantitative estimate of drug-likeness (QED) is 0.544. The molecule has 1 amide bonds. The lowest BCUT2D eigenvalue weighted by molar-refractivity contribution is -0.135. The van der Waals surface area contributed by atoms with Gasteiger partial charge in [-0.25, -0.2) is 23.1 Å². The second kappa shape index (κ2) is 9.88. The number of nitrogens with one attached hydrogen (secondary N) is 1. The summed E-state index contributed by atoms with van der Waals surface area (Å²) in [6.07, 6.45) is -1.87. The van der Waals surface area contributed by atoms with Crippen LogP contribution in [0.4, 0.5) is 19.0 Å². The minimum atomic E-state index is -2.97. The minimum absolute atomic E-state index is 0.0118. The van der Waals surface area contributed by atoms with Gasteiger partial charge in [0.1, 0.15) is 29.2 Å². The average molecular weight is 506 g/mol. The number of ether oxygens (including phenoxy) is 1. The Kier molecular flexibility index (Phi) is 6.30. The van der Waals surface area contributed by atoms with Gasteiger partial charge in [0.05, 0.1) is 22.6 Å². The molecule has 1 saturated heterocycles. The van der Waals surface area contributed by atoms with Crippen LogP contribution in [-0.4, -0.2) is 45.5 Å². The molecular weight excluding hydrogens is 475 g/mol. The monoisotopic (exact) mass is 505 g/mol. The van der Waals surface area contributed by atoms with Crippen LogP contribution in [-0.2, 0) is 22.2 Å². The lowest BCUT2D eigenvalue weighted by atomic mass is 9.84. The van der Waals surface area contributed by atoms with E-state index in [0.717, 1.165) is 11.0 Å². The molecule has 1 aromatic carbocycles. The van der Waals surface area contributed by atoms with E-state index in [4.69, 9.17) is 7.48 Å². The second-order valence-electron chi connectivity index (χ2n) is 8.75. The molecule has 2 atom stereocenters. The van der Waals surface area contributed by atoms with E-state index in [1.807, 2.05) is 0 Å². The molecule has 0 spiro atoms. The van der Waals surface area contributed by atoms with Crippen LogP contribution >= 0.6 is 0 Å². The maximum atomic E-state index is 14.8. The van der Waals surface area contributed by atoms with Gasteiger partial charge in [0.25, 0.3) is 12.0 Å². The number of likely N-dealkylation sites (tertiary alicyclic amines) is 1. The molecule has 3 heterocycles. The Labute approximate surface area is 208 Å². The number of aromatic nitrogens is 3. The summed E-state index contributed by atoms with van der Waals surface area (Å²) < 4.78 is 65.2. The summed E-state index contributed by atoms with van der Waals surface area (Å²) in [4.78, 5) is 35.0. The first-order valence-electron chi connectivity index (χ1n) is 12.3. The van der Waals surface area contributed by atoms with Crippen molar-refractivity contribution in [3.05, 3.63) is 63.5 Å². The Bertz CT molecular complexity index is 1450. The van der Waals surface area contributed by atoms with Gasteiger partial charge in [-0.3, -0.25) is 14.2 Å². The summed E-state index contributed by atoms with van der Waals surface area (Å²) in [5, 5.41) is 3.40. The van der Waals surface area contributed by atoms with Gasteiger partial charge in [-0.2, -0.15) is 0 Å². The van der Waals surface area contributed by atoms with Crippen LogP contribution < -0.4 is 10.9 Å². The molecule has 1 unspecified atom stereocenters. The van der Waals surface area contributed by atoms with Crippen molar-refractivity contribution in [1.29, 1.82) is 0 Å². The van der Waals surface area contributed by atoms with E-state index >= 15 is 0 Å². The molecule has 1 aliphatic heterocycles. The lowest BCUT2D eigenvalue weighted by Crippen LogP contribution is -2.48. The number of halogens is 3. The number of nitrogens with zero attached hydrogens (tertiary/aromatic N) is 4. The third-order valence-corrected chi connectivity index (χ3v) is 6.67. The Balaban J connectivity index is 1.81. The highest BCUT2D eigenvalue weighted by atomic mass is 19.3. The zero-order chi connectivity index (χ0) is 28.0. The van der Waals surface area contributed by atoms with E-state index in [1.54, 1.807) is 6.92 Å². The number of methoxy groups -OCH3 is 1.